The molecule has 7 heteroatoms. The lowest BCUT2D eigenvalue weighted by Gasteiger charge is -2.10. The highest BCUT2D eigenvalue weighted by molar-refractivity contribution is 6.05. The standard InChI is InChI=1S/C26H27N3O4/c1-3-4-17-33-22-15-11-20(12-16-22)25(31)29-28-24(30)19-9-13-21(14-10-19)27-26(32)23-8-6-5-7-18(23)2/h5-16H,3-4,17H2,1-2H3,(H,27,32)(H,28,30)(H,29,31). The van der Waals surface area contributed by atoms with Crippen molar-refractivity contribution in [2.45, 2.75) is 26.7 Å². The molecule has 0 saturated heterocycles. The maximum atomic E-state index is 12.4. The largest absolute Gasteiger partial charge is 0.494 e. The van der Waals surface area contributed by atoms with Gasteiger partial charge in [-0.3, -0.25) is 25.2 Å². The number of ether oxygens (including phenoxy) is 1. The summed E-state index contributed by atoms with van der Waals surface area (Å²) in [7, 11) is 0. The van der Waals surface area contributed by atoms with Crippen molar-refractivity contribution in [2.75, 3.05) is 11.9 Å². The van der Waals surface area contributed by atoms with Crippen LogP contribution in [0.15, 0.2) is 72.8 Å². The number of nitrogens with one attached hydrogen (secondary N) is 3. The average Bonchev–Trinajstić information content (AvgIpc) is 2.83. The third-order valence-corrected chi connectivity index (χ3v) is 4.97. The Bertz CT molecular complexity index is 1110. The molecule has 0 radical (unpaired) electrons. The maximum Gasteiger partial charge on any atom is 0.269 e. The van der Waals surface area contributed by atoms with E-state index in [4.69, 9.17) is 4.74 Å². The molecule has 3 amide bonds. The summed E-state index contributed by atoms with van der Waals surface area (Å²) in [6, 6.07) is 20.4. The molecular weight excluding hydrogens is 418 g/mol. The van der Waals surface area contributed by atoms with Gasteiger partial charge in [-0.25, -0.2) is 0 Å². The van der Waals surface area contributed by atoms with Gasteiger partial charge in [-0.2, -0.15) is 0 Å². The van der Waals surface area contributed by atoms with E-state index in [1.54, 1.807) is 60.7 Å². The third kappa shape index (κ3) is 6.67. The summed E-state index contributed by atoms with van der Waals surface area (Å²) in [5, 5.41) is 2.81. The van der Waals surface area contributed by atoms with E-state index in [0.717, 1.165) is 18.4 Å². The Morgan fingerprint density at radius 3 is 1.91 bits per heavy atom. The number of carbonyl (C=O) groups excluding carboxylic acids is 3. The zero-order valence-corrected chi connectivity index (χ0v) is 18.7. The maximum absolute atomic E-state index is 12.4. The van der Waals surface area contributed by atoms with E-state index in [0.29, 0.717) is 34.7 Å². The molecule has 3 N–H and O–H groups in total. The van der Waals surface area contributed by atoms with Crippen LogP contribution < -0.4 is 20.9 Å². The molecule has 0 atom stereocenters. The van der Waals surface area contributed by atoms with Crippen molar-refractivity contribution in [3.05, 3.63) is 95.1 Å². The van der Waals surface area contributed by atoms with Crippen LogP contribution in [0, 0.1) is 6.92 Å². The van der Waals surface area contributed by atoms with Gasteiger partial charge in [0.05, 0.1) is 6.61 Å². The zero-order valence-electron chi connectivity index (χ0n) is 18.7. The highest BCUT2D eigenvalue weighted by atomic mass is 16.5. The van der Waals surface area contributed by atoms with Crippen molar-refractivity contribution in [3.8, 4) is 5.75 Å². The normalized spacial score (nSPS) is 10.2. The van der Waals surface area contributed by atoms with Gasteiger partial charge in [-0.15, -0.1) is 0 Å². The number of rotatable bonds is 8. The Kier molecular flexibility index (Phi) is 8.18. The predicted molar refractivity (Wildman–Crippen MR) is 127 cm³/mol. The van der Waals surface area contributed by atoms with Crippen LogP contribution in [0.5, 0.6) is 5.75 Å². The van der Waals surface area contributed by atoms with E-state index in [1.165, 1.54) is 0 Å². The van der Waals surface area contributed by atoms with Crippen LogP contribution in [0.4, 0.5) is 5.69 Å². The van der Waals surface area contributed by atoms with Crippen molar-refractivity contribution in [3.63, 3.8) is 0 Å². The number of amides is 3. The SMILES string of the molecule is CCCCOc1ccc(C(=O)NNC(=O)c2ccc(NC(=O)c3ccccc3C)cc2)cc1. The molecule has 0 aliphatic carbocycles. The van der Waals surface area contributed by atoms with Crippen LogP contribution in [0.2, 0.25) is 0 Å². The molecule has 3 aromatic rings. The predicted octanol–water partition coefficient (Wildman–Crippen LogP) is 4.50. The molecule has 0 heterocycles. The minimum absolute atomic E-state index is 0.223. The topological polar surface area (TPSA) is 96.5 Å². The molecule has 170 valence electrons. The van der Waals surface area contributed by atoms with Crippen molar-refractivity contribution in [1.29, 1.82) is 0 Å². The first kappa shape index (κ1) is 23.5. The Morgan fingerprint density at radius 2 is 1.33 bits per heavy atom. The van der Waals surface area contributed by atoms with Gasteiger partial charge >= 0.3 is 0 Å². The van der Waals surface area contributed by atoms with Crippen LogP contribution in [0.1, 0.15) is 56.4 Å². The van der Waals surface area contributed by atoms with Gasteiger partial charge in [0, 0.05) is 22.4 Å². The summed E-state index contributed by atoms with van der Waals surface area (Å²) in [4.78, 5) is 37.0. The van der Waals surface area contributed by atoms with Gasteiger partial charge in [0.2, 0.25) is 0 Å². The molecule has 33 heavy (non-hydrogen) atoms. The van der Waals surface area contributed by atoms with Crippen LogP contribution in [0.25, 0.3) is 0 Å². The second-order valence-electron chi connectivity index (χ2n) is 7.48. The van der Waals surface area contributed by atoms with Crippen molar-refractivity contribution in [2.24, 2.45) is 0 Å². The van der Waals surface area contributed by atoms with Crippen LogP contribution in [-0.4, -0.2) is 24.3 Å². The van der Waals surface area contributed by atoms with Crippen LogP contribution >= 0.6 is 0 Å². The number of aryl methyl sites for hydroxylation is 1. The summed E-state index contributed by atoms with van der Waals surface area (Å²) in [6.07, 6.45) is 2.01. The second kappa shape index (κ2) is 11.5. The van der Waals surface area contributed by atoms with Gasteiger partial charge in [-0.05, 0) is 73.5 Å². The van der Waals surface area contributed by atoms with E-state index < -0.39 is 11.8 Å². The number of carbonyl (C=O) groups is 3. The van der Waals surface area contributed by atoms with Gasteiger partial charge < -0.3 is 10.1 Å². The first-order valence-electron chi connectivity index (χ1n) is 10.8. The van der Waals surface area contributed by atoms with Crippen molar-refractivity contribution < 1.29 is 19.1 Å². The van der Waals surface area contributed by atoms with E-state index in [2.05, 4.69) is 23.1 Å². The van der Waals surface area contributed by atoms with Gasteiger partial charge in [0.15, 0.2) is 0 Å². The van der Waals surface area contributed by atoms with Crippen molar-refractivity contribution >= 4 is 23.4 Å². The quantitative estimate of drug-likeness (QED) is 0.351. The Labute approximate surface area is 193 Å². The lowest BCUT2D eigenvalue weighted by Crippen LogP contribution is -2.41. The summed E-state index contributed by atoms with van der Waals surface area (Å²) in [6.45, 7) is 4.59. The zero-order chi connectivity index (χ0) is 23.6. The molecule has 0 aliphatic heterocycles. The molecule has 0 unspecified atom stereocenters. The van der Waals surface area contributed by atoms with Crippen LogP contribution in [-0.2, 0) is 0 Å². The molecule has 0 saturated carbocycles. The average molecular weight is 446 g/mol. The highest BCUT2D eigenvalue weighted by Crippen LogP contribution is 2.14. The summed E-state index contributed by atoms with van der Waals surface area (Å²) < 4.78 is 5.57. The molecule has 3 rings (SSSR count). The van der Waals surface area contributed by atoms with E-state index in [-0.39, 0.29) is 5.91 Å². The van der Waals surface area contributed by atoms with Gasteiger partial charge in [-0.1, -0.05) is 31.5 Å². The minimum atomic E-state index is -0.473. The fraction of sp³-hybridized carbons (Fsp3) is 0.192. The first-order chi connectivity index (χ1) is 16.0. The van der Waals surface area contributed by atoms with Crippen LogP contribution in [0.3, 0.4) is 0 Å². The lowest BCUT2D eigenvalue weighted by molar-refractivity contribution is 0.0846. The number of anilines is 1. The first-order valence-corrected chi connectivity index (χ1v) is 10.8. The van der Waals surface area contributed by atoms with Gasteiger partial charge in [0.25, 0.3) is 17.7 Å². The van der Waals surface area contributed by atoms with E-state index in [9.17, 15) is 14.4 Å². The molecule has 7 nitrogen and oxygen atoms in total. The highest BCUT2D eigenvalue weighted by Gasteiger charge is 2.11. The third-order valence-electron chi connectivity index (χ3n) is 4.97. The summed E-state index contributed by atoms with van der Waals surface area (Å²) >= 11 is 0. The molecule has 3 aromatic carbocycles. The second-order valence-corrected chi connectivity index (χ2v) is 7.48. The molecule has 0 aliphatic rings. The molecule has 0 aromatic heterocycles. The Hall–Kier alpha value is -4.13. The lowest BCUT2D eigenvalue weighted by atomic mass is 10.1. The molecular formula is C26H27N3O4. The smallest absolute Gasteiger partial charge is 0.269 e. The Balaban J connectivity index is 1.50. The fourth-order valence-corrected chi connectivity index (χ4v) is 3.03. The van der Waals surface area contributed by atoms with Crippen molar-refractivity contribution in [1.82, 2.24) is 10.9 Å². The van der Waals surface area contributed by atoms with Gasteiger partial charge in [0.1, 0.15) is 5.75 Å². The summed E-state index contributed by atoms with van der Waals surface area (Å²) in [5.41, 5.74) is 7.54. The monoisotopic (exact) mass is 445 g/mol. The number of hydrazine groups is 1. The number of benzene rings is 3. The fourth-order valence-electron chi connectivity index (χ4n) is 3.03. The summed E-state index contributed by atoms with van der Waals surface area (Å²) in [5.74, 6) is -0.441. The molecule has 0 spiro atoms. The molecule has 0 bridgehead atoms. The number of unbranched alkanes of at least 4 members (excludes halogenated alkanes) is 1. The minimum Gasteiger partial charge on any atom is -0.494 e. The number of hydrogen-bond acceptors (Lipinski definition) is 4. The molecule has 0 fully saturated rings. The van der Waals surface area contributed by atoms with E-state index >= 15 is 0 Å². The van der Waals surface area contributed by atoms with E-state index in [1.807, 2.05) is 19.1 Å². The Morgan fingerprint density at radius 1 is 0.758 bits per heavy atom. The number of hydrogen-bond donors (Lipinski definition) is 3.